The monoisotopic (exact) mass is 362 g/mol. The van der Waals surface area contributed by atoms with Gasteiger partial charge in [-0.1, -0.05) is 18.2 Å². The van der Waals surface area contributed by atoms with Crippen LogP contribution in [0.25, 0.3) is 16.7 Å². The van der Waals surface area contributed by atoms with E-state index >= 15 is 0 Å². The standard InChI is InChI=1S/C20H22N6O/c1-25(2)13-16-19(24-18-9-5-6-12-26(16)18)20(27)21-11-10-17-22-14-7-3-4-8-15(14)23-17/h3-9,12H,10-11,13H2,1-2H3,(H,21,27)(H,22,23). The molecule has 7 heteroatoms. The van der Waals surface area contributed by atoms with Crippen molar-refractivity contribution >= 4 is 22.6 Å². The Kier molecular flexibility index (Phi) is 4.60. The Morgan fingerprint density at radius 1 is 1.15 bits per heavy atom. The number of nitrogens with zero attached hydrogens (tertiary/aromatic N) is 4. The van der Waals surface area contributed by atoms with Crippen molar-refractivity contribution in [2.75, 3.05) is 20.6 Å². The maximum Gasteiger partial charge on any atom is 0.271 e. The number of carbonyl (C=O) groups is 1. The highest BCUT2D eigenvalue weighted by Gasteiger charge is 2.19. The number of imidazole rings is 2. The first-order valence-corrected chi connectivity index (χ1v) is 8.94. The van der Waals surface area contributed by atoms with E-state index in [1.807, 2.05) is 72.1 Å². The highest BCUT2D eigenvalue weighted by molar-refractivity contribution is 5.94. The fourth-order valence-corrected chi connectivity index (χ4v) is 3.18. The summed E-state index contributed by atoms with van der Waals surface area (Å²) in [5, 5.41) is 2.97. The SMILES string of the molecule is CN(C)Cc1c(C(=O)NCCc2nc3ccccc3[nH]2)nc2ccccn12. The van der Waals surface area contributed by atoms with Crippen LogP contribution >= 0.6 is 0 Å². The van der Waals surface area contributed by atoms with Gasteiger partial charge in [-0.05, 0) is 38.4 Å². The van der Waals surface area contributed by atoms with Crippen molar-refractivity contribution in [2.45, 2.75) is 13.0 Å². The minimum absolute atomic E-state index is 0.160. The van der Waals surface area contributed by atoms with Gasteiger partial charge in [0.1, 0.15) is 11.5 Å². The molecule has 3 heterocycles. The maximum absolute atomic E-state index is 12.7. The van der Waals surface area contributed by atoms with Gasteiger partial charge in [0.05, 0.1) is 16.7 Å². The summed E-state index contributed by atoms with van der Waals surface area (Å²) in [7, 11) is 3.96. The van der Waals surface area contributed by atoms with Gasteiger partial charge >= 0.3 is 0 Å². The molecule has 2 N–H and O–H groups in total. The van der Waals surface area contributed by atoms with Crippen LogP contribution in [0.3, 0.4) is 0 Å². The van der Waals surface area contributed by atoms with Crippen molar-refractivity contribution in [1.82, 2.24) is 29.6 Å². The highest BCUT2D eigenvalue weighted by atomic mass is 16.1. The molecule has 27 heavy (non-hydrogen) atoms. The van der Waals surface area contributed by atoms with Gasteiger partial charge in [-0.3, -0.25) is 4.79 Å². The van der Waals surface area contributed by atoms with Crippen LogP contribution in [0.5, 0.6) is 0 Å². The predicted molar refractivity (Wildman–Crippen MR) is 105 cm³/mol. The Bertz CT molecular complexity index is 1060. The number of hydrogen-bond donors (Lipinski definition) is 2. The number of H-pyrrole nitrogens is 1. The lowest BCUT2D eigenvalue weighted by atomic mass is 10.2. The summed E-state index contributed by atoms with van der Waals surface area (Å²) in [6.45, 7) is 1.13. The molecule has 1 aromatic carbocycles. The van der Waals surface area contributed by atoms with Crippen molar-refractivity contribution in [3.05, 3.63) is 65.9 Å². The molecule has 0 fully saturated rings. The fourth-order valence-electron chi connectivity index (χ4n) is 3.18. The van der Waals surface area contributed by atoms with Gasteiger partial charge < -0.3 is 19.6 Å². The molecule has 7 nitrogen and oxygen atoms in total. The van der Waals surface area contributed by atoms with E-state index in [9.17, 15) is 4.79 Å². The molecule has 1 amide bonds. The molecule has 0 atom stereocenters. The average Bonchev–Trinajstić information content (AvgIpc) is 3.22. The first-order chi connectivity index (χ1) is 13.1. The zero-order valence-electron chi connectivity index (χ0n) is 15.4. The van der Waals surface area contributed by atoms with Gasteiger partial charge in [0.25, 0.3) is 5.91 Å². The van der Waals surface area contributed by atoms with Gasteiger partial charge in [-0.2, -0.15) is 0 Å². The van der Waals surface area contributed by atoms with E-state index in [4.69, 9.17) is 0 Å². The normalized spacial score (nSPS) is 11.5. The second-order valence-electron chi connectivity index (χ2n) is 6.78. The van der Waals surface area contributed by atoms with Crippen molar-refractivity contribution in [1.29, 1.82) is 0 Å². The first kappa shape index (κ1) is 17.2. The Hall–Kier alpha value is -3.19. The lowest BCUT2D eigenvalue weighted by Crippen LogP contribution is -2.28. The molecule has 138 valence electrons. The quantitative estimate of drug-likeness (QED) is 0.551. The highest BCUT2D eigenvalue weighted by Crippen LogP contribution is 2.14. The number of nitrogens with one attached hydrogen (secondary N) is 2. The predicted octanol–water partition coefficient (Wildman–Crippen LogP) is 2.24. The summed E-state index contributed by atoms with van der Waals surface area (Å²) >= 11 is 0. The third-order valence-corrected chi connectivity index (χ3v) is 4.40. The molecular formula is C20H22N6O. The first-order valence-electron chi connectivity index (χ1n) is 8.94. The van der Waals surface area contributed by atoms with Crippen LogP contribution in [0, 0.1) is 0 Å². The molecule has 4 rings (SSSR count). The van der Waals surface area contributed by atoms with E-state index in [1.165, 1.54) is 0 Å². The number of carbonyl (C=O) groups excluding carboxylic acids is 1. The molecular weight excluding hydrogens is 340 g/mol. The minimum atomic E-state index is -0.160. The van der Waals surface area contributed by atoms with Crippen LogP contribution < -0.4 is 5.32 Å². The van der Waals surface area contributed by atoms with Gasteiger partial charge in [-0.25, -0.2) is 9.97 Å². The van der Waals surface area contributed by atoms with Crippen LogP contribution in [-0.2, 0) is 13.0 Å². The van der Waals surface area contributed by atoms with E-state index in [0.717, 1.165) is 28.2 Å². The Balaban J connectivity index is 1.49. The van der Waals surface area contributed by atoms with E-state index in [1.54, 1.807) is 0 Å². The summed E-state index contributed by atoms with van der Waals surface area (Å²) in [5.74, 6) is 0.701. The minimum Gasteiger partial charge on any atom is -0.350 e. The Morgan fingerprint density at radius 2 is 1.96 bits per heavy atom. The number of amides is 1. The lowest BCUT2D eigenvalue weighted by Gasteiger charge is -2.11. The van der Waals surface area contributed by atoms with Crippen molar-refractivity contribution in [2.24, 2.45) is 0 Å². The molecule has 0 spiro atoms. The van der Waals surface area contributed by atoms with E-state index in [-0.39, 0.29) is 5.91 Å². The number of para-hydroxylation sites is 2. The van der Waals surface area contributed by atoms with Crippen LogP contribution in [0.15, 0.2) is 48.7 Å². The molecule has 0 unspecified atom stereocenters. The van der Waals surface area contributed by atoms with Gasteiger partial charge in [0.2, 0.25) is 0 Å². The zero-order valence-corrected chi connectivity index (χ0v) is 15.4. The lowest BCUT2D eigenvalue weighted by molar-refractivity contribution is 0.0948. The third-order valence-electron chi connectivity index (χ3n) is 4.40. The number of pyridine rings is 1. The summed E-state index contributed by atoms with van der Waals surface area (Å²) in [6, 6.07) is 13.7. The zero-order chi connectivity index (χ0) is 18.8. The second kappa shape index (κ2) is 7.20. The molecule has 3 aromatic heterocycles. The molecule has 0 aliphatic heterocycles. The molecule has 0 aliphatic rings. The van der Waals surface area contributed by atoms with Crippen LogP contribution in [0.4, 0.5) is 0 Å². The van der Waals surface area contributed by atoms with Gasteiger partial charge in [-0.15, -0.1) is 0 Å². The summed E-state index contributed by atoms with van der Waals surface area (Å²) in [4.78, 5) is 27.1. The third kappa shape index (κ3) is 3.54. The summed E-state index contributed by atoms with van der Waals surface area (Å²) in [6.07, 6.45) is 2.57. The van der Waals surface area contributed by atoms with E-state index < -0.39 is 0 Å². The van der Waals surface area contributed by atoms with Crippen molar-refractivity contribution in [3.63, 3.8) is 0 Å². The van der Waals surface area contributed by atoms with Crippen molar-refractivity contribution in [3.8, 4) is 0 Å². The Labute approximate surface area is 157 Å². The average molecular weight is 362 g/mol. The number of benzene rings is 1. The van der Waals surface area contributed by atoms with Crippen LogP contribution in [-0.4, -0.2) is 50.8 Å². The number of rotatable bonds is 6. The van der Waals surface area contributed by atoms with Crippen molar-refractivity contribution < 1.29 is 4.79 Å². The van der Waals surface area contributed by atoms with Gasteiger partial charge in [0, 0.05) is 25.7 Å². The summed E-state index contributed by atoms with van der Waals surface area (Å²) in [5.41, 5.74) is 4.08. The molecule has 0 radical (unpaired) electrons. The number of hydrogen-bond acceptors (Lipinski definition) is 4. The smallest absolute Gasteiger partial charge is 0.271 e. The van der Waals surface area contributed by atoms with E-state index in [2.05, 4.69) is 20.3 Å². The van der Waals surface area contributed by atoms with Gasteiger partial charge in [0.15, 0.2) is 5.69 Å². The summed E-state index contributed by atoms with van der Waals surface area (Å²) < 4.78 is 1.97. The molecule has 0 saturated heterocycles. The second-order valence-corrected chi connectivity index (χ2v) is 6.78. The molecule has 0 bridgehead atoms. The fraction of sp³-hybridized carbons (Fsp3) is 0.250. The van der Waals surface area contributed by atoms with E-state index in [0.29, 0.717) is 25.2 Å². The molecule has 0 saturated carbocycles. The topological polar surface area (TPSA) is 78.3 Å². The van der Waals surface area contributed by atoms with Crippen LogP contribution in [0.1, 0.15) is 22.0 Å². The number of fused-ring (bicyclic) bond motifs is 2. The van der Waals surface area contributed by atoms with Crippen LogP contribution in [0.2, 0.25) is 0 Å². The maximum atomic E-state index is 12.7. The number of aromatic nitrogens is 4. The largest absolute Gasteiger partial charge is 0.350 e. The Morgan fingerprint density at radius 3 is 2.78 bits per heavy atom. The number of aromatic amines is 1. The molecule has 4 aromatic rings. The molecule has 0 aliphatic carbocycles.